The van der Waals surface area contributed by atoms with Crippen molar-refractivity contribution in [1.82, 2.24) is 24.4 Å². The van der Waals surface area contributed by atoms with Gasteiger partial charge < -0.3 is 9.72 Å². The molecule has 7 nitrogen and oxygen atoms in total. The van der Waals surface area contributed by atoms with Gasteiger partial charge in [0, 0.05) is 23.6 Å². The number of amides is 1. The third kappa shape index (κ3) is 3.33. The van der Waals surface area contributed by atoms with Crippen LogP contribution in [0.2, 0.25) is 0 Å². The van der Waals surface area contributed by atoms with E-state index in [0.717, 1.165) is 28.2 Å². The smallest absolute Gasteiger partial charge is 0.277 e. The molecule has 0 atom stereocenters. The zero-order valence-electron chi connectivity index (χ0n) is 16.2. The molecule has 3 aromatic heterocycles. The van der Waals surface area contributed by atoms with Crippen LogP contribution in [0.15, 0.2) is 85.3 Å². The van der Waals surface area contributed by atoms with Gasteiger partial charge in [0.2, 0.25) is 0 Å². The number of rotatable bonds is 4. The van der Waals surface area contributed by atoms with E-state index in [1.165, 1.54) is 11.0 Å². The molecule has 0 bridgehead atoms. The number of aryl methyl sites for hydroxylation is 1. The maximum atomic E-state index is 12.5. The van der Waals surface area contributed by atoms with E-state index in [1.54, 1.807) is 0 Å². The fraction of sp³-hybridized carbons (Fsp3) is 0.0435. The first-order valence-corrected chi connectivity index (χ1v) is 9.51. The zero-order valence-corrected chi connectivity index (χ0v) is 16.2. The van der Waals surface area contributed by atoms with Crippen LogP contribution < -0.4 is 5.32 Å². The molecule has 0 saturated heterocycles. The Labute approximate surface area is 172 Å². The maximum absolute atomic E-state index is 12.5. The summed E-state index contributed by atoms with van der Waals surface area (Å²) < 4.78 is 2.01. The monoisotopic (exact) mass is 394 g/mol. The van der Waals surface area contributed by atoms with Gasteiger partial charge in [-0.2, -0.15) is 9.90 Å². The zero-order chi connectivity index (χ0) is 20.5. The summed E-state index contributed by atoms with van der Waals surface area (Å²) in [6.45, 7) is 2.04. The number of aromatic nitrogens is 5. The third-order valence-electron chi connectivity index (χ3n) is 4.83. The second-order valence-electron chi connectivity index (χ2n) is 6.93. The Hall–Kier alpha value is -4.26. The summed E-state index contributed by atoms with van der Waals surface area (Å²) in [5.74, 6) is -0.312. The number of nitrogens with zero attached hydrogens (tertiary/aromatic N) is 5. The predicted octanol–water partition coefficient (Wildman–Crippen LogP) is 4.14. The van der Waals surface area contributed by atoms with E-state index < -0.39 is 0 Å². The Kier molecular flexibility index (Phi) is 4.33. The van der Waals surface area contributed by atoms with Crippen molar-refractivity contribution in [1.29, 1.82) is 0 Å². The number of pyridine rings is 1. The van der Waals surface area contributed by atoms with E-state index in [4.69, 9.17) is 4.98 Å². The molecule has 0 unspecified atom stereocenters. The van der Waals surface area contributed by atoms with Crippen molar-refractivity contribution in [3.8, 4) is 16.9 Å². The molecule has 5 aromatic rings. The van der Waals surface area contributed by atoms with Gasteiger partial charge in [-0.3, -0.25) is 4.79 Å². The number of hydrogen-bond donors (Lipinski definition) is 1. The Balaban J connectivity index is 1.33. The Morgan fingerprint density at radius 1 is 0.967 bits per heavy atom. The number of anilines is 1. The van der Waals surface area contributed by atoms with Crippen LogP contribution in [0.4, 0.5) is 5.69 Å². The lowest BCUT2D eigenvalue weighted by atomic mass is 10.1. The van der Waals surface area contributed by atoms with Crippen LogP contribution >= 0.6 is 0 Å². The minimum absolute atomic E-state index is 0.249. The van der Waals surface area contributed by atoms with Crippen LogP contribution in [0.1, 0.15) is 16.1 Å². The van der Waals surface area contributed by atoms with Crippen molar-refractivity contribution in [2.24, 2.45) is 0 Å². The van der Waals surface area contributed by atoms with Gasteiger partial charge in [0.25, 0.3) is 5.91 Å². The van der Waals surface area contributed by atoms with Crippen LogP contribution in [-0.4, -0.2) is 30.3 Å². The molecule has 5 rings (SSSR count). The SMILES string of the molecule is Cc1cccn2cc(-c3ccc(NC(=O)c4cnn(-c5ccccc5)n4)cc3)nc12. The van der Waals surface area contributed by atoms with Crippen LogP contribution in [0, 0.1) is 6.92 Å². The molecule has 0 aliphatic heterocycles. The van der Waals surface area contributed by atoms with Gasteiger partial charge in [0.05, 0.1) is 17.6 Å². The maximum Gasteiger partial charge on any atom is 0.277 e. The highest BCUT2D eigenvalue weighted by Gasteiger charge is 2.12. The van der Waals surface area contributed by atoms with Gasteiger partial charge in [-0.05, 0) is 42.8 Å². The Morgan fingerprint density at radius 2 is 1.77 bits per heavy atom. The molecule has 0 spiro atoms. The van der Waals surface area contributed by atoms with Gasteiger partial charge in [-0.15, -0.1) is 5.10 Å². The number of imidazole rings is 1. The van der Waals surface area contributed by atoms with Crippen LogP contribution in [-0.2, 0) is 0 Å². The van der Waals surface area contributed by atoms with Crippen LogP contribution in [0.3, 0.4) is 0 Å². The summed E-state index contributed by atoms with van der Waals surface area (Å²) in [7, 11) is 0. The first-order chi connectivity index (χ1) is 14.7. The lowest BCUT2D eigenvalue weighted by molar-refractivity contribution is 0.102. The first-order valence-electron chi connectivity index (χ1n) is 9.51. The first kappa shape index (κ1) is 17.8. The molecule has 7 heteroatoms. The molecule has 0 radical (unpaired) electrons. The van der Waals surface area contributed by atoms with E-state index >= 15 is 0 Å². The van der Waals surface area contributed by atoms with Crippen LogP contribution in [0.5, 0.6) is 0 Å². The number of para-hydroxylation sites is 1. The number of hydrogen-bond acceptors (Lipinski definition) is 4. The van der Waals surface area contributed by atoms with Gasteiger partial charge >= 0.3 is 0 Å². The quantitative estimate of drug-likeness (QED) is 0.497. The molecule has 30 heavy (non-hydrogen) atoms. The van der Waals surface area contributed by atoms with Crippen molar-refractivity contribution in [3.05, 3.63) is 96.6 Å². The lowest BCUT2D eigenvalue weighted by Crippen LogP contribution is -2.13. The van der Waals surface area contributed by atoms with Crippen molar-refractivity contribution >= 4 is 17.2 Å². The topological polar surface area (TPSA) is 77.1 Å². The second-order valence-corrected chi connectivity index (χ2v) is 6.93. The second kappa shape index (κ2) is 7.29. The highest BCUT2D eigenvalue weighted by Crippen LogP contribution is 2.22. The molecule has 2 aromatic carbocycles. The summed E-state index contributed by atoms with van der Waals surface area (Å²) in [6.07, 6.45) is 5.43. The number of nitrogens with one attached hydrogen (secondary N) is 1. The minimum atomic E-state index is -0.312. The summed E-state index contributed by atoms with van der Waals surface area (Å²) in [4.78, 5) is 18.7. The highest BCUT2D eigenvalue weighted by atomic mass is 16.2. The van der Waals surface area contributed by atoms with E-state index in [0.29, 0.717) is 5.69 Å². The van der Waals surface area contributed by atoms with Crippen molar-refractivity contribution < 1.29 is 4.79 Å². The minimum Gasteiger partial charge on any atom is -0.321 e. The number of fused-ring (bicyclic) bond motifs is 1. The number of carbonyl (C=O) groups is 1. The molecule has 1 N–H and O–H groups in total. The average molecular weight is 394 g/mol. The standard InChI is InChI=1S/C23H18N6O/c1-16-6-5-13-28-15-21(26-22(16)28)17-9-11-18(12-10-17)25-23(30)20-14-24-29(27-20)19-7-3-2-4-8-19/h2-15H,1H3,(H,25,30). The highest BCUT2D eigenvalue weighted by molar-refractivity contribution is 6.02. The van der Waals surface area contributed by atoms with E-state index in [1.807, 2.05) is 90.4 Å². The molecule has 146 valence electrons. The van der Waals surface area contributed by atoms with Crippen molar-refractivity contribution in [2.45, 2.75) is 6.92 Å². The Bertz CT molecular complexity index is 1340. The normalized spacial score (nSPS) is 11.0. The Morgan fingerprint density at radius 3 is 2.53 bits per heavy atom. The van der Waals surface area contributed by atoms with Gasteiger partial charge in [-0.1, -0.05) is 36.4 Å². The third-order valence-corrected chi connectivity index (χ3v) is 4.83. The molecule has 0 saturated carbocycles. The molecule has 0 fully saturated rings. The average Bonchev–Trinajstić information content (AvgIpc) is 3.43. The van der Waals surface area contributed by atoms with E-state index in [-0.39, 0.29) is 11.6 Å². The largest absolute Gasteiger partial charge is 0.321 e. The lowest BCUT2D eigenvalue weighted by Gasteiger charge is -2.04. The van der Waals surface area contributed by atoms with E-state index in [2.05, 4.69) is 15.5 Å². The predicted molar refractivity (Wildman–Crippen MR) is 115 cm³/mol. The number of carbonyl (C=O) groups excluding carboxylic acids is 1. The van der Waals surface area contributed by atoms with Gasteiger partial charge in [0.1, 0.15) is 5.65 Å². The molecule has 3 heterocycles. The molecule has 0 aliphatic rings. The fourth-order valence-electron chi connectivity index (χ4n) is 3.27. The van der Waals surface area contributed by atoms with Crippen molar-refractivity contribution in [3.63, 3.8) is 0 Å². The summed E-state index contributed by atoms with van der Waals surface area (Å²) in [6, 6.07) is 21.1. The summed E-state index contributed by atoms with van der Waals surface area (Å²) >= 11 is 0. The van der Waals surface area contributed by atoms with Crippen molar-refractivity contribution in [2.75, 3.05) is 5.32 Å². The van der Waals surface area contributed by atoms with E-state index in [9.17, 15) is 4.79 Å². The molecular formula is C23H18N6O. The molecule has 0 aliphatic carbocycles. The molecule has 1 amide bonds. The number of benzene rings is 2. The van der Waals surface area contributed by atoms with Crippen LogP contribution in [0.25, 0.3) is 22.6 Å². The summed E-state index contributed by atoms with van der Waals surface area (Å²) in [5, 5.41) is 11.3. The summed E-state index contributed by atoms with van der Waals surface area (Å²) in [5.41, 5.74) is 5.64. The molecular weight excluding hydrogens is 376 g/mol. The van der Waals surface area contributed by atoms with Gasteiger partial charge in [0.15, 0.2) is 5.69 Å². The van der Waals surface area contributed by atoms with Gasteiger partial charge in [-0.25, -0.2) is 4.98 Å². The fourth-order valence-corrected chi connectivity index (χ4v) is 3.27.